The molecule has 0 aliphatic rings. The van der Waals surface area contributed by atoms with Crippen molar-refractivity contribution in [1.29, 1.82) is 0 Å². The van der Waals surface area contributed by atoms with Crippen LogP contribution >= 0.6 is 11.6 Å². The number of halogens is 1. The summed E-state index contributed by atoms with van der Waals surface area (Å²) in [5.41, 5.74) is -0.901. The van der Waals surface area contributed by atoms with Crippen molar-refractivity contribution in [2.75, 3.05) is 7.11 Å². The molecular weight excluding hydrogens is 300 g/mol. The van der Waals surface area contributed by atoms with Gasteiger partial charge in [0.15, 0.2) is 0 Å². The first kappa shape index (κ1) is 17.2. The van der Waals surface area contributed by atoms with Gasteiger partial charge in [-0.2, -0.15) is 0 Å². The number of carbonyl (C=O) groups excluding carboxylic acids is 2. The first-order chi connectivity index (χ1) is 9.73. The SMILES string of the molecule is COC(=O)C(=O)OC(C)(C)CC(C)Oc1cc(Cl)ncn1. The molecule has 0 N–H and O–H groups in total. The van der Waals surface area contributed by atoms with E-state index in [1.54, 1.807) is 20.8 Å². The quantitative estimate of drug-likeness (QED) is 0.465. The van der Waals surface area contributed by atoms with Crippen LogP contribution < -0.4 is 4.74 Å². The molecule has 7 nitrogen and oxygen atoms in total. The zero-order valence-electron chi connectivity index (χ0n) is 12.3. The number of ether oxygens (including phenoxy) is 3. The van der Waals surface area contributed by atoms with Crippen molar-refractivity contribution < 1.29 is 23.8 Å². The van der Waals surface area contributed by atoms with Crippen LogP contribution in [0.1, 0.15) is 27.2 Å². The summed E-state index contributed by atoms with van der Waals surface area (Å²) in [5, 5.41) is 0.267. The van der Waals surface area contributed by atoms with E-state index in [0.29, 0.717) is 12.3 Å². The Bertz CT molecular complexity index is 521. The van der Waals surface area contributed by atoms with Gasteiger partial charge in [-0.25, -0.2) is 19.6 Å². The lowest BCUT2D eigenvalue weighted by molar-refractivity contribution is -0.175. The predicted octanol–water partition coefficient (Wildman–Crippen LogP) is 1.78. The van der Waals surface area contributed by atoms with Crippen molar-refractivity contribution in [2.24, 2.45) is 0 Å². The highest BCUT2D eigenvalue weighted by Gasteiger charge is 2.30. The molecule has 1 unspecified atom stereocenters. The molecule has 0 bridgehead atoms. The molecule has 1 aromatic rings. The monoisotopic (exact) mass is 316 g/mol. The third-order valence-electron chi connectivity index (χ3n) is 2.43. The standard InChI is InChI=1S/C13H17ClN2O5/c1-8(20-10-5-9(14)15-7-16-10)6-13(2,3)21-12(18)11(17)19-4/h5,7-8H,6H2,1-4H3. The largest absolute Gasteiger partial charge is 0.474 e. The molecule has 1 heterocycles. The molecule has 21 heavy (non-hydrogen) atoms. The highest BCUT2D eigenvalue weighted by Crippen LogP contribution is 2.21. The van der Waals surface area contributed by atoms with Crippen molar-refractivity contribution >= 4 is 23.5 Å². The van der Waals surface area contributed by atoms with Crippen LogP contribution in [-0.2, 0) is 19.1 Å². The topological polar surface area (TPSA) is 87.6 Å². The van der Waals surface area contributed by atoms with E-state index < -0.39 is 17.5 Å². The average molecular weight is 317 g/mol. The Balaban J connectivity index is 2.58. The van der Waals surface area contributed by atoms with Gasteiger partial charge in [-0.15, -0.1) is 0 Å². The van der Waals surface area contributed by atoms with Gasteiger partial charge in [-0.05, 0) is 20.8 Å². The minimum absolute atomic E-state index is 0.267. The van der Waals surface area contributed by atoms with Gasteiger partial charge in [0.25, 0.3) is 0 Å². The van der Waals surface area contributed by atoms with Gasteiger partial charge in [0.2, 0.25) is 5.88 Å². The second-order valence-corrected chi connectivity index (χ2v) is 5.34. The van der Waals surface area contributed by atoms with Crippen LogP contribution in [0.5, 0.6) is 5.88 Å². The number of hydrogen-bond donors (Lipinski definition) is 0. The Morgan fingerprint density at radius 1 is 1.33 bits per heavy atom. The molecule has 0 spiro atoms. The Morgan fingerprint density at radius 3 is 2.57 bits per heavy atom. The third-order valence-corrected chi connectivity index (χ3v) is 2.64. The molecule has 116 valence electrons. The lowest BCUT2D eigenvalue weighted by atomic mass is 10.0. The molecule has 1 aromatic heterocycles. The van der Waals surface area contributed by atoms with Crippen molar-refractivity contribution in [3.05, 3.63) is 17.5 Å². The molecule has 0 aliphatic carbocycles. The summed E-state index contributed by atoms with van der Waals surface area (Å²) in [5.74, 6) is -1.77. The maximum Gasteiger partial charge on any atom is 0.417 e. The van der Waals surface area contributed by atoms with Gasteiger partial charge in [0.1, 0.15) is 23.2 Å². The van der Waals surface area contributed by atoms with E-state index in [9.17, 15) is 9.59 Å². The van der Waals surface area contributed by atoms with Gasteiger partial charge in [-0.1, -0.05) is 11.6 Å². The zero-order chi connectivity index (χ0) is 16.0. The number of aromatic nitrogens is 2. The summed E-state index contributed by atoms with van der Waals surface area (Å²) in [4.78, 5) is 30.1. The number of hydrogen-bond acceptors (Lipinski definition) is 7. The second-order valence-electron chi connectivity index (χ2n) is 4.95. The number of carbonyl (C=O) groups is 2. The van der Waals surface area contributed by atoms with Crippen LogP contribution in [0.3, 0.4) is 0 Å². The third kappa shape index (κ3) is 5.95. The highest BCUT2D eigenvalue weighted by molar-refractivity contribution is 6.29. The van der Waals surface area contributed by atoms with E-state index in [2.05, 4.69) is 14.7 Å². The number of nitrogens with zero attached hydrogens (tertiary/aromatic N) is 2. The normalized spacial score (nSPS) is 12.4. The minimum Gasteiger partial charge on any atom is -0.474 e. The molecular formula is C13H17ClN2O5. The summed E-state index contributed by atoms with van der Waals surface area (Å²) >= 11 is 5.73. The fourth-order valence-corrected chi connectivity index (χ4v) is 1.88. The fourth-order valence-electron chi connectivity index (χ4n) is 1.74. The van der Waals surface area contributed by atoms with Crippen molar-refractivity contribution in [3.8, 4) is 5.88 Å². The van der Waals surface area contributed by atoms with Crippen LogP contribution in [0.4, 0.5) is 0 Å². The minimum atomic E-state index is -1.04. The first-order valence-electron chi connectivity index (χ1n) is 6.19. The Morgan fingerprint density at radius 2 is 2.00 bits per heavy atom. The maximum absolute atomic E-state index is 11.4. The van der Waals surface area contributed by atoms with E-state index >= 15 is 0 Å². The predicted molar refractivity (Wildman–Crippen MR) is 73.9 cm³/mol. The van der Waals surface area contributed by atoms with E-state index in [0.717, 1.165) is 7.11 Å². The van der Waals surface area contributed by atoms with E-state index in [1.165, 1.54) is 12.4 Å². The summed E-state index contributed by atoms with van der Waals surface area (Å²) < 4.78 is 14.9. The molecule has 0 saturated carbocycles. The summed E-state index contributed by atoms with van der Waals surface area (Å²) in [6.07, 6.45) is 1.31. The molecule has 0 aromatic carbocycles. The Labute approximate surface area is 127 Å². The molecule has 0 saturated heterocycles. The summed E-state index contributed by atoms with van der Waals surface area (Å²) in [7, 11) is 1.11. The van der Waals surface area contributed by atoms with Crippen molar-refractivity contribution in [3.63, 3.8) is 0 Å². The van der Waals surface area contributed by atoms with Crippen LogP contribution in [0, 0.1) is 0 Å². The first-order valence-corrected chi connectivity index (χ1v) is 6.57. The van der Waals surface area contributed by atoms with Gasteiger partial charge in [-0.3, -0.25) is 0 Å². The zero-order valence-corrected chi connectivity index (χ0v) is 13.0. The van der Waals surface area contributed by atoms with Gasteiger partial charge in [0, 0.05) is 12.5 Å². The highest BCUT2D eigenvalue weighted by atomic mass is 35.5. The van der Waals surface area contributed by atoms with Crippen LogP contribution in [0.25, 0.3) is 0 Å². The summed E-state index contributed by atoms with van der Waals surface area (Å²) in [6.45, 7) is 5.12. The van der Waals surface area contributed by atoms with Crippen LogP contribution in [0.15, 0.2) is 12.4 Å². The molecule has 0 aliphatic heterocycles. The molecule has 0 radical (unpaired) electrons. The van der Waals surface area contributed by atoms with Gasteiger partial charge in [0.05, 0.1) is 7.11 Å². The molecule has 1 atom stereocenters. The molecule has 0 amide bonds. The van der Waals surface area contributed by atoms with Crippen molar-refractivity contribution in [1.82, 2.24) is 9.97 Å². The van der Waals surface area contributed by atoms with Gasteiger partial charge >= 0.3 is 11.9 Å². The lowest BCUT2D eigenvalue weighted by Crippen LogP contribution is -2.36. The summed E-state index contributed by atoms with van der Waals surface area (Å²) in [6, 6.07) is 1.48. The molecule has 0 fully saturated rings. The van der Waals surface area contributed by atoms with Crippen LogP contribution in [-0.4, -0.2) is 40.7 Å². The van der Waals surface area contributed by atoms with Crippen molar-refractivity contribution in [2.45, 2.75) is 38.9 Å². The number of methoxy groups -OCH3 is 1. The smallest absolute Gasteiger partial charge is 0.417 e. The van der Waals surface area contributed by atoms with Gasteiger partial charge < -0.3 is 14.2 Å². The van der Waals surface area contributed by atoms with Crippen LogP contribution in [0.2, 0.25) is 5.15 Å². The van der Waals surface area contributed by atoms with E-state index in [1.807, 2.05) is 0 Å². The van der Waals surface area contributed by atoms with E-state index in [-0.39, 0.29) is 11.3 Å². The molecule has 8 heteroatoms. The van der Waals surface area contributed by atoms with E-state index in [4.69, 9.17) is 21.1 Å². The number of esters is 2. The number of rotatable bonds is 5. The Hall–Kier alpha value is -1.89. The lowest BCUT2D eigenvalue weighted by Gasteiger charge is -2.27. The second kappa shape index (κ2) is 7.21. The Kier molecular flexibility index (Phi) is 5.90. The fraction of sp³-hybridized carbons (Fsp3) is 0.538. The average Bonchev–Trinajstić information content (AvgIpc) is 2.36. The molecule has 1 rings (SSSR count). The maximum atomic E-state index is 11.4.